The van der Waals surface area contributed by atoms with Gasteiger partial charge in [-0.05, 0) is 54.4 Å². The third kappa shape index (κ3) is 16.1. The second-order valence-electron chi connectivity index (χ2n) is 15.3. The average molecular weight is 834 g/mol. The molecule has 4 aliphatic heterocycles. The molecule has 2 aromatic rings. The number of ether oxygens (including phenoxy) is 5. The highest BCUT2D eigenvalue weighted by Crippen LogP contribution is 2.24. The van der Waals surface area contributed by atoms with Crippen LogP contribution in [0.2, 0.25) is 15.5 Å². The van der Waals surface area contributed by atoms with Gasteiger partial charge in [0.1, 0.15) is 32.8 Å². The van der Waals surface area contributed by atoms with E-state index in [9.17, 15) is 14.7 Å². The van der Waals surface area contributed by atoms with Crippen LogP contribution in [0, 0.1) is 0 Å². The number of amides is 2. The number of nitrogens with zero attached hydrogens (tertiary/aromatic N) is 8. The van der Waals surface area contributed by atoms with Crippen molar-refractivity contribution >= 4 is 58.9 Å². The van der Waals surface area contributed by atoms with Gasteiger partial charge < -0.3 is 48.4 Å². The van der Waals surface area contributed by atoms with Gasteiger partial charge in [0, 0.05) is 77.3 Å². The van der Waals surface area contributed by atoms with Gasteiger partial charge in [-0.3, -0.25) is 0 Å². The maximum atomic E-state index is 12.2. The maximum Gasteiger partial charge on any atom is 0.410 e. The van der Waals surface area contributed by atoms with Gasteiger partial charge in [0.2, 0.25) is 17.8 Å². The summed E-state index contributed by atoms with van der Waals surface area (Å²) in [5.74, 6) is 1.60. The summed E-state index contributed by atoms with van der Waals surface area (Å²) in [5.41, 5.74) is -0.925. The van der Waals surface area contributed by atoms with Gasteiger partial charge in [0.05, 0.1) is 32.5 Å². The quantitative estimate of drug-likeness (QED) is 0.371. The van der Waals surface area contributed by atoms with Crippen LogP contribution >= 0.6 is 34.8 Å². The lowest BCUT2D eigenvalue weighted by Gasteiger charge is -2.33. The van der Waals surface area contributed by atoms with Crippen molar-refractivity contribution in [3.8, 4) is 5.88 Å². The molecule has 0 unspecified atom stereocenters. The highest BCUT2D eigenvalue weighted by molar-refractivity contribution is 6.33. The molecule has 0 radical (unpaired) electrons. The second kappa shape index (κ2) is 20.8. The zero-order valence-electron chi connectivity index (χ0n) is 32.6. The monoisotopic (exact) mass is 832 g/mol. The topological polar surface area (TPSA) is 165 Å². The van der Waals surface area contributed by atoms with Crippen LogP contribution in [0.4, 0.5) is 21.5 Å². The molecule has 6 heterocycles. The number of hydrogen-bond acceptors (Lipinski definition) is 14. The number of halogens is 3. The average Bonchev–Trinajstić information content (AvgIpc) is 3.11. The number of hydrogen-bond donors (Lipinski definition) is 1. The minimum atomic E-state index is -0.488. The van der Waals surface area contributed by atoms with Gasteiger partial charge in [0.25, 0.3) is 0 Å². The Morgan fingerprint density at radius 3 is 1.44 bits per heavy atom. The first-order valence-corrected chi connectivity index (χ1v) is 19.8. The van der Waals surface area contributed by atoms with E-state index in [1.54, 1.807) is 15.9 Å². The lowest BCUT2D eigenvalue weighted by Crippen LogP contribution is -2.44. The fraction of sp³-hybridized carbons (Fsp3) is 0.722. The first-order valence-electron chi connectivity index (χ1n) is 18.6. The van der Waals surface area contributed by atoms with E-state index in [4.69, 9.17) is 58.5 Å². The van der Waals surface area contributed by atoms with Crippen molar-refractivity contribution in [1.29, 1.82) is 0 Å². The van der Waals surface area contributed by atoms with Crippen LogP contribution in [0.5, 0.6) is 5.88 Å². The molecule has 0 saturated carbocycles. The summed E-state index contributed by atoms with van der Waals surface area (Å²) < 4.78 is 27.2. The smallest absolute Gasteiger partial charge is 0.410 e. The molecule has 0 aliphatic carbocycles. The first-order chi connectivity index (χ1) is 25.9. The zero-order chi connectivity index (χ0) is 40.2. The van der Waals surface area contributed by atoms with Crippen LogP contribution in [-0.4, -0.2) is 149 Å². The number of carbonyl (C=O) groups excluding carboxylic acids is 2. The second-order valence-corrected chi connectivity index (χ2v) is 16.5. The van der Waals surface area contributed by atoms with Crippen molar-refractivity contribution in [2.75, 3.05) is 88.6 Å². The molecule has 2 amide bonds. The van der Waals surface area contributed by atoms with Crippen molar-refractivity contribution in [1.82, 2.24) is 29.7 Å². The van der Waals surface area contributed by atoms with Gasteiger partial charge in [0.15, 0.2) is 0 Å². The SMILES string of the molecule is CC(C)(C)OC(=O)N1CCC(O)CC1.CC(C)(C)OC(=O)N1CCC(Oc2cc(Cl)nc(N3CCOCC3)n2)CC1.Clc1cc(Cl)nc(N2CCOCC2)n1. The van der Waals surface area contributed by atoms with E-state index in [2.05, 4.69) is 19.9 Å². The number of carbonyl (C=O) groups is 2. The fourth-order valence-corrected chi connectivity index (χ4v) is 6.25. The van der Waals surface area contributed by atoms with Gasteiger partial charge in [-0.2, -0.15) is 4.98 Å². The molecule has 4 fully saturated rings. The lowest BCUT2D eigenvalue weighted by atomic mass is 10.1. The first kappa shape index (κ1) is 44.6. The molecular formula is C36H55Cl3N8O8. The summed E-state index contributed by atoms with van der Waals surface area (Å²) in [7, 11) is 0. The number of piperidine rings is 2. The predicted octanol–water partition coefficient (Wildman–Crippen LogP) is 5.74. The Hall–Kier alpha value is -3.15. The van der Waals surface area contributed by atoms with Crippen LogP contribution in [0.1, 0.15) is 67.2 Å². The number of rotatable bonds is 4. The van der Waals surface area contributed by atoms with Crippen LogP contribution in [0.25, 0.3) is 0 Å². The van der Waals surface area contributed by atoms with Crippen LogP contribution < -0.4 is 14.5 Å². The maximum absolute atomic E-state index is 12.2. The number of aliphatic hydroxyl groups excluding tert-OH is 1. The zero-order valence-corrected chi connectivity index (χ0v) is 34.9. The highest BCUT2D eigenvalue weighted by Gasteiger charge is 2.29. The van der Waals surface area contributed by atoms with E-state index in [1.165, 1.54) is 6.07 Å². The molecule has 1 N–H and O–H groups in total. The lowest BCUT2D eigenvalue weighted by molar-refractivity contribution is 0.00953. The molecule has 4 saturated heterocycles. The van der Waals surface area contributed by atoms with Crippen molar-refractivity contribution < 1.29 is 38.4 Å². The molecule has 0 bridgehead atoms. The third-order valence-electron chi connectivity index (χ3n) is 8.40. The molecular weight excluding hydrogens is 779 g/mol. The van der Waals surface area contributed by atoms with Crippen LogP contribution in [-0.2, 0) is 18.9 Å². The molecule has 16 nitrogen and oxygen atoms in total. The molecule has 19 heteroatoms. The molecule has 6 rings (SSSR count). The summed E-state index contributed by atoms with van der Waals surface area (Å²) in [4.78, 5) is 48.1. The van der Waals surface area contributed by atoms with Gasteiger partial charge in [-0.15, -0.1) is 0 Å². The van der Waals surface area contributed by atoms with E-state index in [0.717, 1.165) is 26.2 Å². The number of likely N-dealkylation sites (tertiary alicyclic amines) is 2. The molecule has 0 spiro atoms. The Balaban J connectivity index is 0.000000202. The summed E-state index contributed by atoms with van der Waals surface area (Å²) in [5, 5.41) is 10.4. The number of aliphatic hydroxyl groups is 1. The normalized spacial score (nSPS) is 18.7. The molecule has 0 aromatic carbocycles. The predicted molar refractivity (Wildman–Crippen MR) is 210 cm³/mol. The minimum Gasteiger partial charge on any atom is -0.474 e. The standard InChI is InChI=1S/C18H27ClN4O4.C10H19NO3.C8H9Cl2N3O/c1-18(2,3)27-17(24)23-6-4-13(5-7-23)26-15-12-14(19)20-16(21-15)22-8-10-25-11-9-22;1-10(2,3)14-9(13)11-6-4-8(12)5-7-11;9-6-5-7(10)12-8(11-6)13-1-3-14-4-2-13/h12-13H,4-11H2,1-3H3;8,12H,4-7H2,1-3H3;5H,1-4H2. The van der Waals surface area contributed by atoms with Crippen molar-refractivity contribution in [3.05, 3.63) is 27.6 Å². The van der Waals surface area contributed by atoms with Gasteiger partial charge >= 0.3 is 12.2 Å². The Morgan fingerprint density at radius 1 is 0.636 bits per heavy atom. The van der Waals surface area contributed by atoms with E-state index < -0.39 is 11.2 Å². The van der Waals surface area contributed by atoms with Crippen LogP contribution in [0.15, 0.2) is 12.1 Å². The Morgan fingerprint density at radius 2 is 1.02 bits per heavy atom. The summed E-state index contributed by atoms with van der Waals surface area (Å²) in [6.07, 6.45) is 1.91. The van der Waals surface area contributed by atoms with Crippen LogP contribution in [0.3, 0.4) is 0 Å². The summed E-state index contributed by atoms with van der Waals surface area (Å²) >= 11 is 17.7. The molecule has 4 aliphatic rings. The minimum absolute atomic E-state index is 0.0211. The Labute approximate surface area is 338 Å². The summed E-state index contributed by atoms with van der Waals surface area (Å²) in [6, 6.07) is 3.15. The van der Waals surface area contributed by atoms with E-state index in [-0.39, 0.29) is 24.4 Å². The molecule has 2 aromatic heterocycles. The highest BCUT2D eigenvalue weighted by atomic mass is 35.5. The number of aromatic nitrogens is 4. The number of morpholine rings is 2. The largest absolute Gasteiger partial charge is 0.474 e. The van der Waals surface area contributed by atoms with Gasteiger partial charge in [-0.25, -0.2) is 24.5 Å². The van der Waals surface area contributed by atoms with Crippen molar-refractivity contribution in [2.24, 2.45) is 0 Å². The molecule has 0 atom stereocenters. The van der Waals surface area contributed by atoms with E-state index in [0.29, 0.717) is 112 Å². The Bertz CT molecular complexity index is 1500. The fourth-order valence-electron chi connectivity index (χ4n) is 5.66. The molecule has 308 valence electrons. The Kier molecular flexibility index (Phi) is 16.9. The van der Waals surface area contributed by atoms with Crippen molar-refractivity contribution in [3.63, 3.8) is 0 Å². The van der Waals surface area contributed by atoms with Gasteiger partial charge in [-0.1, -0.05) is 34.8 Å². The van der Waals surface area contributed by atoms with E-state index in [1.807, 2.05) is 51.3 Å². The third-order valence-corrected chi connectivity index (χ3v) is 8.98. The van der Waals surface area contributed by atoms with E-state index >= 15 is 0 Å². The molecule has 55 heavy (non-hydrogen) atoms. The number of anilines is 2. The van der Waals surface area contributed by atoms with Crippen molar-refractivity contribution in [2.45, 2.75) is 90.6 Å². The summed E-state index contributed by atoms with van der Waals surface area (Å²) in [6.45, 7) is 19.2.